The average Bonchev–Trinajstić information content (AvgIpc) is 2.28. The SMILES string of the molecule is CC1CCC2C(Cc3ccccc3C2(C)C)C1. The number of rotatable bonds is 0. The van der Waals surface area contributed by atoms with Gasteiger partial charge in [0, 0.05) is 0 Å². The van der Waals surface area contributed by atoms with Crippen LogP contribution in [0.2, 0.25) is 0 Å². The van der Waals surface area contributed by atoms with Gasteiger partial charge in [-0.05, 0) is 53.6 Å². The van der Waals surface area contributed by atoms with Crippen molar-refractivity contribution >= 4 is 0 Å². The summed E-state index contributed by atoms with van der Waals surface area (Å²) in [6.45, 7) is 7.38. The van der Waals surface area contributed by atoms with Crippen LogP contribution in [-0.4, -0.2) is 0 Å². The summed E-state index contributed by atoms with van der Waals surface area (Å²) in [5.41, 5.74) is 3.63. The van der Waals surface area contributed by atoms with E-state index in [2.05, 4.69) is 45.0 Å². The molecule has 0 heteroatoms. The molecular weight excluding hydrogens is 204 g/mol. The maximum absolute atomic E-state index is 2.47. The largest absolute Gasteiger partial charge is 0.0625 e. The lowest BCUT2D eigenvalue weighted by atomic mass is 9.56. The molecule has 1 saturated carbocycles. The van der Waals surface area contributed by atoms with Crippen molar-refractivity contribution in [2.24, 2.45) is 17.8 Å². The van der Waals surface area contributed by atoms with E-state index in [0.717, 1.165) is 17.8 Å². The van der Waals surface area contributed by atoms with Crippen LogP contribution in [0.4, 0.5) is 0 Å². The topological polar surface area (TPSA) is 0 Å². The summed E-state index contributed by atoms with van der Waals surface area (Å²) in [7, 11) is 0. The molecule has 92 valence electrons. The third-order valence-corrected chi connectivity index (χ3v) is 5.37. The summed E-state index contributed by atoms with van der Waals surface area (Å²) >= 11 is 0. The van der Waals surface area contributed by atoms with Gasteiger partial charge in [-0.2, -0.15) is 0 Å². The predicted molar refractivity (Wildman–Crippen MR) is 73.2 cm³/mol. The standard InChI is InChI=1S/C17H24/c1-12-8-9-16-14(10-12)11-13-6-4-5-7-15(13)17(16,2)3/h4-7,12,14,16H,8-11H2,1-3H3. The third kappa shape index (κ3) is 1.73. The summed E-state index contributed by atoms with van der Waals surface area (Å²) < 4.78 is 0. The Kier molecular flexibility index (Phi) is 2.57. The van der Waals surface area contributed by atoms with Crippen LogP contribution in [0.3, 0.4) is 0 Å². The lowest BCUT2D eigenvalue weighted by molar-refractivity contribution is 0.106. The van der Waals surface area contributed by atoms with Crippen molar-refractivity contribution in [3.63, 3.8) is 0 Å². The van der Waals surface area contributed by atoms with E-state index in [1.165, 1.54) is 25.7 Å². The first-order chi connectivity index (χ1) is 8.09. The van der Waals surface area contributed by atoms with Gasteiger partial charge in [-0.25, -0.2) is 0 Å². The second-order valence-corrected chi connectivity index (χ2v) is 6.87. The molecule has 1 aromatic rings. The van der Waals surface area contributed by atoms with Crippen LogP contribution >= 0.6 is 0 Å². The normalized spacial score (nSPS) is 34.9. The van der Waals surface area contributed by atoms with Crippen molar-refractivity contribution in [3.8, 4) is 0 Å². The minimum absolute atomic E-state index is 0.389. The van der Waals surface area contributed by atoms with Gasteiger partial charge in [0.25, 0.3) is 0 Å². The molecule has 0 amide bonds. The minimum atomic E-state index is 0.389. The molecule has 3 atom stereocenters. The van der Waals surface area contributed by atoms with Crippen molar-refractivity contribution in [2.45, 2.75) is 51.9 Å². The van der Waals surface area contributed by atoms with Gasteiger partial charge < -0.3 is 0 Å². The number of hydrogen-bond donors (Lipinski definition) is 0. The fourth-order valence-corrected chi connectivity index (χ4v) is 4.48. The lowest BCUT2D eigenvalue weighted by Gasteiger charge is -2.49. The van der Waals surface area contributed by atoms with E-state index in [1.54, 1.807) is 11.1 Å². The predicted octanol–water partition coefficient (Wildman–Crippen LogP) is 4.57. The molecule has 3 unspecified atom stereocenters. The van der Waals surface area contributed by atoms with E-state index in [0.29, 0.717) is 5.41 Å². The van der Waals surface area contributed by atoms with Crippen molar-refractivity contribution in [1.82, 2.24) is 0 Å². The Morgan fingerprint density at radius 3 is 2.71 bits per heavy atom. The van der Waals surface area contributed by atoms with Gasteiger partial charge in [0.15, 0.2) is 0 Å². The zero-order valence-electron chi connectivity index (χ0n) is 11.4. The summed E-state index contributed by atoms with van der Waals surface area (Å²) in [5.74, 6) is 2.79. The Morgan fingerprint density at radius 2 is 1.88 bits per heavy atom. The second-order valence-electron chi connectivity index (χ2n) is 6.87. The molecule has 2 aliphatic rings. The van der Waals surface area contributed by atoms with Crippen LogP contribution in [0.1, 0.15) is 51.2 Å². The van der Waals surface area contributed by atoms with Crippen molar-refractivity contribution in [2.75, 3.05) is 0 Å². The Balaban J connectivity index is 2.03. The van der Waals surface area contributed by atoms with E-state index >= 15 is 0 Å². The maximum Gasteiger partial charge on any atom is -0.00698 e. The van der Waals surface area contributed by atoms with Gasteiger partial charge in [0.1, 0.15) is 0 Å². The molecule has 0 aliphatic heterocycles. The molecule has 0 spiro atoms. The molecule has 3 rings (SSSR count). The van der Waals surface area contributed by atoms with E-state index in [9.17, 15) is 0 Å². The summed E-state index contributed by atoms with van der Waals surface area (Å²) in [5, 5.41) is 0. The molecule has 0 saturated heterocycles. The molecule has 1 fully saturated rings. The zero-order valence-corrected chi connectivity index (χ0v) is 11.4. The Labute approximate surface area is 105 Å². The molecule has 0 radical (unpaired) electrons. The van der Waals surface area contributed by atoms with Gasteiger partial charge in [-0.1, -0.05) is 51.5 Å². The summed E-state index contributed by atoms with van der Waals surface area (Å²) in [6, 6.07) is 9.14. The average molecular weight is 228 g/mol. The van der Waals surface area contributed by atoms with Crippen LogP contribution in [0.5, 0.6) is 0 Å². The number of benzene rings is 1. The molecule has 0 N–H and O–H groups in total. The quantitative estimate of drug-likeness (QED) is 0.610. The summed E-state index contributed by atoms with van der Waals surface area (Å²) in [6.07, 6.45) is 5.65. The minimum Gasteiger partial charge on any atom is -0.0625 e. The Bertz CT molecular complexity index is 416. The molecule has 2 aliphatic carbocycles. The number of hydrogen-bond acceptors (Lipinski definition) is 0. The fourth-order valence-electron chi connectivity index (χ4n) is 4.48. The third-order valence-electron chi connectivity index (χ3n) is 5.37. The first kappa shape index (κ1) is 11.3. The van der Waals surface area contributed by atoms with Gasteiger partial charge in [-0.3, -0.25) is 0 Å². The molecule has 0 nitrogen and oxygen atoms in total. The van der Waals surface area contributed by atoms with Crippen molar-refractivity contribution in [1.29, 1.82) is 0 Å². The van der Waals surface area contributed by atoms with Gasteiger partial charge in [0.05, 0.1) is 0 Å². The summed E-state index contributed by atoms with van der Waals surface area (Å²) in [4.78, 5) is 0. The van der Waals surface area contributed by atoms with E-state index in [-0.39, 0.29) is 0 Å². The fraction of sp³-hybridized carbons (Fsp3) is 0.647. The smallest absolute Gasteiger partial charge is 0.00698 e. The highest BCUT2D eigenvalue weighted by atomic mass is 14.5. The van der Waals surface area contributed by atoms with Crippen LogP contribution in [-0.2, 0) is 11.8 Å². The van der Waals surface area contributed by atoms with E-state index in [4.69, 9.17) is 0 Å². The van der Waals surface area contributed by atoms with Crippen LogP contribution in [0.25, 0.3) is 0 Å². The van der Waals surface area contributed by atoms with Gasteiger partial charge >= 0.3 is 0 Å². The molecule has 0 aromatic heterocycles. The maximum atomic E-state index is 2.47. The molecule has 1 aromatic carbocycles. The molecule has 0 heterocycles. The van der Waals surface area contributed by atoms with Gasteiger partial charge in [0.2, 0.25) is 0 Å². The monoisotopic (exact) mass is 228 g/mol. The van der Waals surface area contributed by atoms with Gasteiger partial charge in [-0.15, -0.1) is 0 Å². The number of fused-ring (bicyclic) bond motifs is 2. The van der Waals surface area contributed by atoms with Crippen molar-refractivity contribution < 1.29 is 0 Å². The molecule has 0 bridgehead atoms. The molecule has 17 heavy (non-hydrogen) atoms. The Hall–Kier alpha value is -0.780. The zero-order chi connectivity index (χ0) is 12.0. The highest BCUT2D eigenvalue weighted by molar-refractivity contribution is 5.37. The van der Waals surface area contributed by atoms with Crippen LogP contribution in [0, 0.1) is 17.8 Å². The second kappa shape index (κ2) is 3.86. The molecular formula is C17H24. The van der Waals surface area contributed by atoms with Crippen LogP contribution < -0.4 is 0 Å². The highest BCUT2D eigenvalue weighted by Gasteiger charge is 2.43. The lowest BCUT2D eigenvalue weighted by Crippen LogP contribution is -2.43. The van der Waals surface area contributed by atoms with E-state index < -0.39 is 0 Å². The first-order valence-electron chi connectivity index (χ1n) is 7.17. The highest BCUT2D eigenvalue weighted by Crippen LogP contribution is 2.50. The van der Waals surface area contributed by atoms with Crippen molar-refractivity contribution in [3.05, 3.63) is 35.4 Å². The first-order valence-corrected chi connectivity index (χ1v) is 7.17. The Morgan fingerprint density at radius 1 is 1.12 bits per heavy atom. The van der Waals surface area contributed by atoms with E-state index in [1.807, 2.05) is 0 Å². The van der Waals surface area contributed by atoms with Crippen LogP contribution in [0.15, 0.2) is 24.3 Å².